The molecule has 184 valence electrons. The Labute approximate surface area is 205 Å². The van der Waals surface area contributed by atoms with Crippen LogP contribution in [0.4, 0.5) is 29.2 Å². The number of nitrogens with one attached hydrogen (secondary N) is 1. The van der Waals surface area contributed by atoms with Crippen LogP contribution >= 0.6 is 11.9 Å². The zero-order valence-corrected chi connectivity index (χ0v) is 20.0. The predicted molar refractivity (Wildman–Crippen MR) is 129 cm³/mol. The normalized spacial score (nSPS) is 15.7. The summed E-state index contributed by atoms with van der Waals surface area (Å²) in [4.78, 5) is 22.2. The van der Waals surface area contributed by atoms with Gasteiger partial charge in [0.1, 0.15) is 28.8 Å². The zero-order valence-electron chi connectivity index (χ0n) is 19.2. The minimum absolute atomic E-state index is 0.0820. The lowest BCUT2D eigenvalue weighted by Gasteiger charge is -2.36. The molecule has 35 heavy (non-hydrogen) atoms. The summed E-state index contributed by atoms with van der Waals surface area (Å²) in [5.41, 5.74) is -1.41. The molecule has 3 aromatic rings. The van der Waals surface area contributed by atoms with E-state index in [-0.39, 0.29) is 28.1 Å². The molecule has 10 heteroatoms. The Balaban J connectivity index is 1.54. The van der Waals surface area contributed by atoms with Crippen molar-refractivity contribution >= 4 is 29.9 Å². The molecule has 1 N–H and O–H groups in total. The fraction of sp³-hybridized carbons (Fsp3) is 0.320. The van der Waals surface area contributed by atoms with Gasteiger partial charge in [-0.1, -0.05) is 25.1 Å². The van der Waals surface area contributed by atoms with Gasteiger partial charge in [0.05, 0.1) is 11.3 Å². The van der Waals surface area contributed by atoms with Gasteiger partial charge >= 0.3 is 6.18 Å². The number of anilines is 2. The second-order valence-corrected chi connectivity index (χ2v) is 9.63. The minimum atomic E-state index is -4.64. The summed E-state index contributed by atoms with van der Waals surface area (Å²) in [6.07, 6.45) is -2.14. The number of piperidine rings is 1. The lowest BCUT2D eigenvalue weighted by Crippen LogP contribution is -2.39. The third-order valence-corrected chi connectivity index (χ3v) is 6.95. The molecular weight excluding hydrogens is 480 g/mol. The Hall–Kier alpha value is -3.14. The number of alkyl halides is 3. The molecule has 5 nitrogen and oxygen atoms in total. The van der Waals surface area contributed by atoms with Gasteiger partial charge in [0.2, 0.25) is 0 Å². The third kappa shape index (κ3) is 5.58. The molecule has 2 aromatic heterocycles. The van der Waals surface area contributed by atoms with E-state index in [1.54, 1.807) is 6.07 Å². The number of rotatable bonds is 6. The Kier molecular flexibility index (Phi) is 7.02. The molecule has 1 aliphatic rings. The molecule has 0 unspecified atom stereocenters. The van der Waals surface area contributed by atoms with Crippen LogP contribution in [0.25, 0.3) is 11.3 Å². The lowest BCUT2D eigenvalue weighted by atomic mass is 9.82. The summed E-state index contributed by atoms with van der Waals surface area (Å²) in [5, 5.41) is 0.608. The molecule has 0 amide bonds. The van der Waals surface area contributed by atoms with Gasteiger partial charge < -0.3 is 14.4 Å². The molecule has 1 fully saturated rings. The number of aldehydes is 1. The van der Waals surface area contributed by atoms with Gasteiger partial charge in [-0.15, -0.1) is 0 Å². The van der Waals surface area contributed by atoms with Gasteiger partial charge in [-0.25, -0.2) is 14.4 Å². The summed E-state index contributed by atoms with van der Waals surface area (Å²) in [6.45, 7) is 4.80. The van der Waals surface area contributed by atoms with E-state index in [4.69, 9.17) is 0 Å². The molecule has 4 rings (SSSR count). The largest absolute Gasteiger partial charge is 0.418 e. The van der Waals surface area contributed by atoms with Gasteiger partial charge in [0, 0.05) is 36.0 Å². The number of nitrogens with zero attached hydrogens (tertiary/aromatic N) is 3. The van der Waals surface area contributed by atoms with Crippen molar-refractivity contribution in [3.63, 3.8) is 0 Å². The number of carbonyl (C=O) groups is 1. The predicted octanol–water partition coefficient (Wildman–Crippen LogP) is 6.53. The van der Waals surface area contributed by atoms with E-state index in [0.29, 0.717) is 18.1 Å². The maximum atomic E-state index is 14.1. The van der Waals surface area contributed by atoms with Crippen molar-refractivity contribution in [3.05, 3.63) is 65.5 Å². The van der Waals surface area contributed by atoms with E-state index in [1.165, 1.54) is 31.2 Å². The SMILES string of the molecule is Cc1c(F)cccc1-c1nc(NSc2cccc(N3CCC(C)(C=O)CC3)n2)ccc1C(F)(F)F. The summed E-state index contributed by atoms with van der Waals surface area (Å²) in [5.74, 6) is 0.354. The van der Waals surface area contributed by atoms with Gasteiger partial charge in [-0.2, -0.15) is 13.2 Å². The first kappa shape index (κ1) is 25.0. The first-order chi connectivity index (χ1) is 16.6. The van der Waals surface area contributed by atoms with Crippen molar-refractivity contribution in [2.75, 3.05) is 22.7 Å². The first-order valence-corrected chi connectivity index (χ1v) is 11.9. The minimum Gasteiger partial charge on any atom is -0.357 e. The van der Waals surface area contributed by atoms with Crippen molar-refractivity contribution < 1.29 is 22.4 Å². The molecule has 0 atom stereocenters. The molecule has 0 radical (unpaired) electrons. The second kappa shape index (κ2) is 9.85. The van der Waals surface area contributed by atoms with Gasteiger partial charge in [0.25, 0.3) is 0 Å². The second-order valence-electron chi connectivity index (χ2n) is 8.80. The van der Waals surface area contributed by atoms with Crippen molar-refractivity contribution in [2.24, 2.45) is 5.41 Å². The van der Waals surface area contributed by atoms with E-state index >= 15 is 0 Å². The monoisotopic (exact) mass is 504 g/mol. The van der Waals surface area contributed by atoms with Gasteiger partial charge in [-0.05, 0) is 55.7 Å². The molecule has 1 aliphatic heterocycles. The van der Waals surface area contributed by atoms with E-state index in [1.807, 2.05) is 19.1 Å². The highest BCUT2D eigenvalue weighted by Gasteiger charge is 2.35. The molecule has 1 aromatic carbocycles. The van der Waals surface area contributed by atoms with E-state index < -0.39 is 17.6 Å². The number of carbonyl (C=O) groups excluding carboxylic acids is 1. The van der Waals surface area contributed by atoms with Crippen LogP contribution in [0.1, 0.15) is 30.9 Å². The van der Waals surface area contributed by atoms with Crippen molar-refractivity contribution in [3.8, 4) is 11.3 Å². The van der Waals surface area contributed by atoms with Crippen LogP contribution in [0.2, 0.25) is 0 Å². The van der Waals surface area contributed by atoms with Gasteiger partial charge in [0.15, 0.2) is 0 Å². The molecule has 3 heterocycles. The summed E-state index contributed by atoms with van der Waals surface area (Å²) >= 11 is 1.12. The highest BCUT2D eigenvalue weighted by Crippen LogP contribution is 2.39. The highest BCUT2D eigenvalue weighted by molar-refractivity contribution is 8.00. The summed E-state index contributed by atoms with van der Waals surface area (Å²) in [6, 6.07) is 11.7. The summed E-state index contributed by atoms with van der Waals surface area (Å²) < 4.78 is 58.0. The smallest absolute Gasteiger partial charge is 0.357 e. The van der Waals surface area contributed by atoms with Crippen molar-refractivity contribution in [1.82, 2.24) is 9.97 Å². The van der Waals surface area contributed by atoms with Crippen LogP contribution in [0.5, 0.6) is 0 Å². The Morgan fingerprint density at radius 2 is 1.77 bits per heavy atom. The maximum Gasteiger partial charge on any atom is 0.418 e. The third-order valence-electron chi connectivity index (χ3n) is 6.21. The average molecular weight is 505 g/mol. The number of pyridine rings is 2. The number of hydrogen-bond acceptors (Lipinski definition) is 6. The summed E-state index contributed by atoms with van der Waals surface area (Å²) in [7, 11) is 0. The molecule has 0 bridgehead atoms. The quantitative estimate of drug-likeness (QED) is 0.234. The van der Waals surface area contributed by atoms with Crippen LogP contribution in [0, 0.1) is 18.2 Å². The number of aromatic nitrogens is 2. The Morgan fingerprint density at radius 3 is 2.46 bits per heavy atom. The number of halogens is 4. The van der Waals surface area contributed by atoms with Crippen LogP contribution in [0.3, 0.4) is 0 Å². The molecule has 0 saturated carbocycles. The van der Waals surface area contributed by atoms with Crippen LogP contribution in [-0.4, -0.2) is 29.3 Å². The topological polar surface area (TPSA) is 58.1 Å². The van der Waals surface area contributed by atoms with Crippen molar-refractivity contribution in [1.29, 1.82) is 0 Å². The lowest BCUT2D eigenvalue weighted by molar-refractivity contribution is -0.137. The first-order valence-electron chi connectivity index (χ1n) is 11.0. The van der Waals surface area contributed by atoms with Gasteiger partial charge in [-0.3, -0.25) is 0 Å². The maximum absolute atomic E-state index is 14.1. The highest BCUT2D eigenvalue weighted by atomic mass is 32.2. The molecule has 0 spiro atoms. The molecule has 0 aliphatic carbocycles. The number of hydrogen-bond donors (Lipinski definition) is 1. The van der Waals surface area contributed by atoms with E-state index in [0.717, 1.165) is 43.0 Å². The van der Waals surface area contributed by atoms with E-state index in [9.17, 15) is 22.4 Å². The Morgan fingerprint density at radius 1 is 1.06 bits per heavy atom. The average Bonchev–Trinajstić information content (AvgIpc) is 2.84. The van der Waals surface area contributed by atoms with Crippen LogP contribution in [0.15, 0.2) is 53.6 Å². The molecule has 1 saturated heterocycles. The fourth-order valence-electron chi connectivity index (χ4n) is 3.92. The molecular formula is C25H24F4N4OS. The van der Waals surface area contributed by atoms with E-state index in [2.05, 4.69) is 19.6 Å². The standard InChI is InChI=1S/C25H24F4N4OS/c1-16-17(5-3-6-19(16)26)23-18(25(27,28)29)9-10-20(30-23)32-35-22-8-4-7-21(31-22)33-13-11-24(2,15-34)12-14-33/h3-10,15H,11-14H2,1-2H3,(H,30,32). The fourth-order valence-corrected chi connectivity index (χ4v) is 4.53. The number of benzene rings is 1. The Bertz CT molecular complexity index is 1230. The van der Waals surface area contributed by atoms with Crippen LogP contribution in [-0.2, 0) is 11.0 Å². The van der Waals surface area contributed by atoms with Crippen LogP contribution < -0.4 is 9.62 Å². The van der Waals surface area contributed by atoms with Crippen molar-refractivity contribution in [2.45, 2.75) is 37.9 Å². The zero-order chi connectivity index (χ0) is 25.2.